The summed E-state index contributed by atoms with van der Waals surface area (Å²) in [4.78, 5) is 11.2. The summed E-state index contributed by atoms with van der Waals surface area (Å²) in [7, 11) is -1.13. The van der Waals surface area contributed by atoms with E-state index in [9.17, 15) is 4.79 Å². The van der Waals surface area contributed by atoms with E-state index in [1.165, 1.54) is 6.42 Å². The van der Waals surface area contributed by atoms with E-state index < -0.39 is 8.07 Å². The summed E-state index contributed by atoms with van der Waals surface area (Å²) in [5, 5.41) is 3.66. The predicted octanol–water partition coefficient (Wildman–Crippen LogP) is 3.49. The van der Waals surface area contributed by atoms with Crippen molar-refractivity contribution in [1.29, 1.82) is 0 Å². The molecular weight excluding hydrogens is 246 g/mol. The van der Waals surface area contributed by atoms with Crippen molar-refractivity contribution >= 4 is 25.8 Å². The molecule has 0 aromatic heterocycles. The molecule has 2 unspecified atom stereocenters. The fourth-order valence-electron chi connectivity index (χ4n) is 2.16. The highest BCUT2D eigenvalue weighted by molar-refractivity contribution is 7.96. The van der Waals surface area contributed by atoms with Gasteiger partial charge in [-0.15, -0.1) is 12.6 Å². The predicted molar refractivity (Wildman–Crippen MR) is 82.4 cm³/mol. The molecule has 4 heteroatoms. The molecule has 0 saturated heterocycles. The first kappa shape index (κ1) is 17.2. The summed E-state index contributed by atoms with van der Waals surface area (Å²) in [5.74, 6) is 0.155. The molecule has 0 heterocycles. The zero-order chi connectivity index (χ0) is 13.5. The van der Waals surface area contributed by atoms with Crippen LogP contribution in [0.15, 0.2) is 0 Å². The second kappa shape index (κ2) is 8.33. The van der Waals surface area contributed by atoms with Crippen LogP contribution >= 0.6 is 12.6 Å². The molecule has 0 bridgehead atoms. The molecule has 0 aromatic rings. The van der Waals surface area contributed by atoms with Crippen molar-refractivity contribution in [3.63, 3.8) is 0 Å². The fourth-order valence-corrected chi connectivity index (χ4v) is 4.36. The standard InChI is InChI=1S/C13H29NOSSi/c1-6-11(13(15)16)9-8-10-12(14-7-2)17(3,4)5/h11-12,14H,6-10H2,1-5H3,(H,15,16). The van der Waals surface area contributed by atoms with Gasteiger partial charge in [-0.05, 0) is 31.5 Å². The molecule has 0 spiro atoms. The molecule has 0 aliphatic carbocycles. The number of hydrogen-bond donors (Lipinski definition) is 2. The van der Waals surface area contributed by atoms with Gasteiger partial charge in [-0.3, -0.25) is 4.79 Å². The number of nitrogens with one attached hydrogen (secondary N) is 1. The lowest BCUT2D eigenvalue weighted by molar-refractivity contribution is -0.114. The van der Waals surface area contributed by atoms with E-state index >= 15 is 0 Å². The lowest BCUT2D eigenvalue weighted by Gasteiger charge is -2.30. The average Bonchev–Trinajstić information content (AvgIpc) is 2.20. The molecule has 17 heavy (non-hydrogen) atoms. The van der Waals surface area contributed by atoms with Gasteiger partial charge in [0.05, 0.1) is 8.07 Å². The van der Waals surface area contributed by atoms with Crippen LogP contribution in [-0.4, -0.2) is 25.4 Å². The van der Waals surface area contributed by atoms with Crippen LogP contribution in [-0.2, 0) is 4.79 Å². The summed E-state index contributed by atoms with van der Waals surface area (Å²) in [6.45, 7) is 12.5. The normalized spacial score (nSPS) is 15.6. The topological polar surface area (TPSA) is 29.1 Å². The molecule has 0 fully saturated rings. The third-order valence-corrected chi connectivity index (χ3v) is 6.33. The van der Waals surface area contributed by atoms with Crippen LogP contribution < -0.4 is 5.32 Å². The van der Waals surface area contributed by atoms with Crippen LogP contribution in [0.3, 0.4) is 0 Å². The SMILES string of the molecule is CCNC(CCCC(CC)C(=O)S)[Si](C)(C)C. The second-order valence-corrected chi connectivity index (χ2v) is 11.7. The van der Waals surface area contributed by atoms with Gasteiger partial charge in [-0.25, -0.2) is 0 Å². The van der Waals surface area contributed by atoms with Gasteiger partial charge in [-0.2, -0.15) is 0 Å². The van der Waals surface area contributed by atoms with E-state index in [0.717, 1.165) is 25.8 Å². The molecule has 0 aliphatic heterocycles. The number of thiol groups is 1. The Morgan fingerprint density at radius 2 is 1.82 bits per heavy atom. The molecule has 0 radical (unpaired) electrons. The molecule has 102 valence electrons. The van der Waals surface area contributed by atoms with Crippen molar-refractivity contribution < 1.29 is 4.79 Å². The summed E-state index contributed by atoms with van der Waals surface area (Å²) in [6.07, 6.45) is 4.24. The van der Waals surface area contributed by atoms with E-state index in [1.807, 2.05) is 0 Å². The summed E-state index contributed by atoms with van der Waals surface area (Å²) < 4.78 is 0. The zero-order valence-corrected chi connectivity index (χ0v) is 13.9. The summed E-state index contributed by atoms with van der Waals surface area (Å²) in [5.41, 5.74) is 0.667. The molecule has 0 amide bonds. The third kappa shape index (κ3) is 7.27. The van der Waals surface area contributed by atoms with Crippen molar-refractivity contribution in [2.75, 3.05) is 6.54 Å². The first-order valence-electron chi connectivity index (χ1n) is 6.79. The van der Waals surface area contributed by atoms with Gasteiger partial charge in [0, 0.05) is 5.92 Å². The van der Waals surface area contributed by atoms with Gasteiger partial charge >= 0.3 is 0 Å². The Morgan fingerprint density at radius 3 is 2.18 bits per heavy atom. The number of rotatable bonds is 9. The Balaban J connectivity index is 4.10. The first-order chi connectivity index (χ1) is 7.82. The Morgan fingerprint density at radius 1 is 1.24 bits per heavy atom. The number of carbonyl (C=O) groups excluding carboxylic acids is 1. The molecule has 1 N–H and O–H groups in total. The summed E-state index contributed by atoms with van der Waals surface area (Å²) in [6, 6.07) is 0. The van der Waals surface area contributed by atoms with Crippen LogP contribution in [0.5, 0.6) is 0 Å². The van der Waals surface area contributed by atoms with Crippen molar-refractivity contribution in [2.24, 2.45) is 5.92 Å². The molecule has 0 aromatic carbocycles. The fraction of sp³-hybridized carbons (Fsp3) is 0.923. The van der Waals surface area contributed by atoms with E-state index in [2.05, 4.69) is 51.4 Å². The first-order valence-corrected chi connectivity index (χ1v) is 10.8. The molecular formula is C13H29NOSSi. The van der Waals surface area contributed by atoms with Gasteiger partial charge in [0.1, 0.15) is 0 Å². The zero-order valence-electron chi connectivity index (χ0n) is 12.0. The van der Waals surface area contributed by atoms with E-state index in [-0.39, 0.29) is 11.0 Å². The molecule has 0 aliphatic rings. The van der Waals surface area contributed by atoms with E-state index in [0.29, 0.717) is 5.67 Å². The maximum Gasteiger partial charge on any atom is 0.188 e. The quantitative estimate of drug-likeness (QED) is 0.498. The van der Waals surface area contributed by atoms with Crippen molar-refractivity contribution in [2.45, 2.75) is 64.8 Å². The van der Waals surface area contributed by atoms with E-state index in [4.69, 9.17) is 0 Å². The lowest BCUT2D eigenvalue weighted by atomic mass is 10.0. The Labute approximate surface area is 113 Å². The molecule has 2 atom stereocenters. The minimum absolute atomic E-state index is 0.0560. The number of hydrogen-bond acceptors (Lipinski definition) is 2. The highest BCUT2D eigenvalue weighted by Gasteiger charge is 2.25. The largest absolute Gasteiger partial charge is 0.317 e. The van der Waals surface area contributed by atoms with Gasteiger partial charge in [-0.1, -0.05) is 39.9 Å². The van der Waals surface area contributed by atoms with Gasteiger partial charge in [0.15, 0.2) is 5.12 Å². The van der Waals surface area contributed by atoms with Crippen LogP contribution in [0.2, 0.25) is 19.6 Å². The highest BCUT2D eigenvalue weighted by atomic mass is 32.1. The smallest absolute Gasteiger partial charge is 0.188 e. The van der Waals surface area contributed by atoms with Crippen molar-refractivity contribution in [1.82, 2.24) is 5.32 Å². The molecule has 0 saturated carbocycles. The van der Waals surface area contributed by atoms with Crippen LogP contribution in [0.1, 0.15) is 39.5 Å². The Kier molecular flexibility index (Phi) is 8.42. The van der Waals surface area contributed by atoms with Crippen molar-refractivity contribution in [3.05, 3.63) is 0 Å². The lowest BCUT2D eigenvalue weighted by Crippen LogP contribution is -2.48. The van der Waals surface area contributed by atoms with Gasteiger partial charge in [0.25, 0.3) is 0 Å². The Hall–Kier alpha value is 0.197. The maximum absolute atomic E-state index is 11.2. The highest BCUT2D eigenvalue weighted by Crippen LogP contribution is 2.19. The molecule has 0 rings (SSSR count). The minimum Gasteiger partial charge on any atom is -0.317 e. The second-order valence-electron chi connectivity index (χ2n) is 5.85. The van der Waals surface area contributed by atoms with E-state index in [1.54, 1.807) is 0 Å². The monoisotopic (exact) mass is 275 g/mol. The van der Waals surface area contributed by atoms with Crippen LogP contribution in [0.4, 0.5) is 0 Å². The Bertz CT molecular complexity index is 228. The maximum atomic E-state index is 11.2. The molecule has 2 nitrogen and oxygen atoms in total. The van der Waals surface area contributed by atoms with Crippen molar-refractivity contribution in [3.8, 4) is 0 Å². The third-order valence-electron chi connectivity index (χ3n) is 3.38. The summed E-state index contributed by atoms with van der Waals surface area (Å²) >= 11 is 3.95. The van der Waals surface area contributed by atoms with Crippen LogP contribution in [0, 0.1) is 5.92 Å². The van der Waals surface area contributed by atoms with Gasteiger partial charge in [0.2, 0.25) is 0 Å². The van der Waals surface area contributed by atoms with Gasteiger partial charge < -0.3 is 5.32 Å². The minimum atomic E-state index is -1.13. The number of carbonyl (C=O) groups is 1. The average molecular weight is 276 g/mol. The van der Waals surface area contributed by atoms with Crippen LogP contribution in [0.25, 0.3) is 0 Å².